The molecule has 222 valence electrons. The number of carbonyl (C=O) groups is 2. The maximum Gasteiger partial charge on any atom is 0.410 e. The summed E-state index contributed by atoms with van der Waals surface area (Å²) < 4.78 is 11.4. The molecule has 14 heteroatoms. The minimum Gasteiger partial charge on any atom is -0.460 e. The van der Waals surface area contributed by atoms with Crippen LogP contribution in [0.3, 0.4) is 0 Å². The molecule has 2 aromatic carbocycles. The zero-order valence-corrected chi connectivity index (χ0v) is 28.4. The Kier molecular flexibility index (Phi) is 15.6. The van der Waals surface area contributed by atoms with Crippen LogP contribution in [0, 0.1) is 20.2 Å². The molecule has 0 aliphatic carbocycles. The highest BCUT2D eigenvalue weighted by molar-refractivity contribution is 9.11. The number of benzene rings is 2. The number of halogens is 3. The Labute approximate surface area is 259 Å². The van der Waals surface area contributed by atoms with Gasteiger partial charge in [-0.25, -0.2) is 4.79 Å². The highest BCUT2D eigenvalue weighted by Crippen LogP contribution is 2.29. The monoisotopic (exact) mass is 753 g/mol. The van der Waals surface area contributed by atoms with Gasteiger partial charge in [0.1, 0.15) is 11.2 Å². The lowest BCUT2D eigenvalue weighted by molar-refractivity contribution is -0.385. The number of nitro benzene ring substituents is 2. The van der Waals surface area contributed by atoms with Crippen molar-refractivity contribution < 1.29 is 28.9 Å². The van der Waals surface area contributed by atoms with Crippen LogP contribution in [-0.4, -0.2) is 45.1 Å². The van der Waals surface area contributed by atoms with Gasteiger partial charge in [0.2, 0.25) is 0 Å². The second-order valence-electron chi connectivity index (χ2n) is 10.2. The van der Waals surface area contributed by atoms with Crippen molar-refractivity contribution in [3.63, 3.8) is 0 Å². The summed E-state index contributed by atoms with van der Waals surface area (Å²) in [6, 6.07) is 9.60. The van der Waals surface area contributed by atoms with Crippen LogP contribution in [0.4, 0.5) is 16.2 Å². The van der Waals surface area contributed by atoms with E-state index in [9.17, 15) is 29.8 Å². The molecule has 0 bridgehead atoms. The summed E-state index contributed by atoms with van der Waals surface area (Å²) in [5.74, 6) is -0.225. The molecule has 0 unspecified atom stereocenters. The van der Waals surface area contributed by atoms with Crippen LogP contribution in [0.1, 0.15) is 59.6 Å². The van der Waals surface area contributed by atoms with Crippen LogP contribution in [0.2, 0.25) is 0 Å². The maximum absolute atomic E-state index is 11.9. The average molecular weight is 756 g/mol. The molecule has 11 nitrogen and oxygen atoms in total. The predicted octanol–water partition coefficient (Wildman–Crippen LogP) is 8.32. The number of nitro groups is 2. The van der Waals surface area contributed by atoms with Crippen LogP contribution < -0.4 is 0 Å². The zero-order valence-electron chi connectivity index (χ0n) is 23.6. The Morgan fingerprint density at radius 3 is 1.52 bits per heavy atom. The molecule has 0 spiro atoms. The van der Waals surface area contributed by atoms with E-state index in [1.165, 1.54) is 31.0 Å². The third kappa shape index (κ3) is 14.7. The average Bonchev–Trinajstić information content (AvgIpc) is 2.78. The van der Waals surface area contributed by atoms with Crippen molar-refractivity contribution in [1.29, 1.82) is 0 Å². The molecular weight excluding hydrogens is 722 g/mol. The van der Waals surface area contributed by atoms with Gasteiger partial charge in [0.05, 0.1) is 27.5 Å². The summed E-state index contributed by atoms with van der Waals surface area (Å²) in [4.78, 5) is 44.1. The van der Waals surface area contributed by atoms with Gasteiger partial charge in [0, 0.05) is 40.4 Å². The number of carbonyl (C=O) groups excluding carboxylic acids is 2. The van der Waals surface area contributed by atoms with E-state index in [2.05, 4.69) is 47.8 Å². The van der Waals surface area contributed by atoms with E-state index in [0.717, 1.165) is 4.47 Å². The van der Waals surface area contributed by atoms with Crippen molar-refractivity contribution in [1.82, 2.24) is 4.90 Å². The van der Waals surface area contributed by atoms with Gasteiger partial charge in [-0.3, -0.25) is 25.0 Å². The van der Waals surface area contributed by atoms with Crippen molar-refractivity contribution in [2.45, 2.75) is 71.5 Å². The van der Waals surface area contributed by atoms with E-state index < -0.39 is 16.6 Å². The molecule has 0 aliphatic rings. The van der Waals surface area contributed by atoms with E-state index >= 15 is 0 Å². The smallest absolute Gasteiger partial charge is 0.410 e. The summed E-state index contributed by atoms with van der Waals surface area (Å²) >= 11 is 9.71. The summed E-state index contributed by atoms with van der Waals surface area (Å²) in [6.45, 7) is 12.3. The van der Waals surface area contributed by atoms with Crippen LogP contribution in [-0.2, 0) is 26.1 Å². The zero-order chi connectivity index (χ0) is 31.4. The molecule has 0 aliphatic heterocycles. The first kappa shape index (κ1) is 37.4. The molecule has 0 atom stereocenters. The Morgan fingerprint density at radius 2 is 1.23 bits per heavy atom. The first-order chi connectivity index (χ1) is 18.2. The normalized spacial score (nSPS) is 10.7. The summed E-state index contributed by atoms with van der Waals surface area (Å²) in [5, 5.41) is 22.0. The minimum atomic E-state index is -0.606. The van der Waals surface area contributed by atoms with E-state index in [1.807, 2.05) is 20.8 Å². The van der Waals surface area contributed by atoms with Crippen molar-refractivity contribution >= 4 is 71.2 Å². The fourth-order valence-corrected chi connectivity index (χ4v) is 4.74. The Hall–Kier alpha value is -2.58. The van der Waals surface area contributed by atoms with Gasteiger partial charge in [-0.1, -0.05) is 59.9 Å². The number of alkyl halides is 1. The molecule has 0 saturated heterocycles. The minimum absolute atomic E-state index is 0.0326. The molecule has 0 radical (unpaired) electrons. The molecule has 1 amide bonds. The number of rotatable bonds is 5. The summed E-state index contributed by atoms with van der Waals surface area (Å²) in [5.41, 5.74) is 0.279. The molecule has 40 heavy (non-hydrogen) atoms. The fourth-order valence-electron chi connectivity index (χ4n) is 2.80. The molecule has 0 saturated carbocycles. The van der Waals surface area contributed by atoms with E-state index in [-0.39, 0.29) is 34.4 Å². The van der Waals surface area contributed by atoms with Crippen molar-refractivity contribution in [3.05, 3.63) is 76.7 Å². The van der Waals surface area contributed by atoms with Gasteiger partial charge >= 0.3 is 12.1 Å². The highest BCUT2D eigenvalue weighted by Gasteiger charge is 2.23. The number of esters is 1. The fraction of sp³-hybridized carbons (Fsp3) is 0.462. The summed E-state index contributed by atoms with van der Waals surface area (Å²) in [6.07, 6.45) is -0.525. The molecule has 2 aromatic rings. The van der Waals surface area contributed by atoms with E-state index in [1.54, 1.807) is 45.0 Å². The quantitative estimate of drug-likeness (QED) is 0.128. The first-order valence-electron chi connectivity index (χ1n) is 11.7. The predicted molar refractivity (Wildman–Crippen MR) is 163 cm³/mol. The molecule has 0 aromatic heterocycles. The van der Waals surface area contributed by atoms with Crippen LogP contribution in [0.15, 0.2) is 45.3 Å². The Morgan fingerprint density at radius 1 is 0.825 bits per heavy atom. The van der Waals surface area contributed by atoms with Crippen molar-refractivity contribution in [2.75, 3.05) is 7.05 Å². The van der Waals surface area contributed by atoms with E-state index in [4.69, 9.17) is 9.47 Å². The standard InChI is InChI=1S/C13H17BrN2O4.C7H5Br2NO2.C6H12O2/c1-13(2,3)20-12(17)15(4)8-9-10(14)6-5-7-11(9)16(18)19;8-4-5-6(9)2-1-3-7(5)10(11)12;1-5(7)8-6(2,3)4/h5-7H,8H2,1-4H3;1-3H,4H2;1-4H3. The van der Waals surface area contributed by atoms with Gasteiger partial charge in [-0.2, -0.15) is 0 Å². The van der Waals surface area contributed by atoms with Gasteiger partial charge in [0.25, 0.3) is 11.4 Å². The first-order valence-corrected chi connectivity index (χ1v) is 14.4. The lowest BCUT2D eigenvalue weighted by Gasteiger charge is -2.24. The number of nitrogens with zero attached hydrogens (tertiary/aromatic N) is 3. The molecular formula is C26H34Br3N3O8. The van der Waals surface area contributed by atoms with E-state index in [0.29, 0.717) is 20.9 Å². The van der Waals surface area contributed by atoms with Gasteiger partial charge in [-0.05, 0) is 53.7 Å². The van der Waals surface area contributed by atoms with Crippen LogP contribution >= 0.6 is 47.8 Å². The third-order valence-electron chi connectivity index (χ3n) is 4.27. The topological polar surface area (TPSA) is 142 Å². The molecule has 0 heterocycles. The second-order valence-corrected chi connectivity index (χ2v) is 12.4. The molecule has 2 rings (SSSR count). The summed E-state index contributed by atoms with van der Waals surface area (Å²) in [7, 11) is 1.54. The number of ether oxygens (including phenoxy) is 2. The van der Waals surface area contributed by atoms with Gasteiger partial charge in [-0.15, -0.1) is 0 Å². The number of hydrogen-bond donors (Lipinski definition) is 0. The number of hydrogen-bond acceptors (Lipinski definition) is 8. The number of amides is 1. The lowest BCUT2D eigenvalue weighted by atomic mass is 10.1. The van der Waals surface area contributed by atoms with Gasteiger partial charge in [0.15, 0.2) is 0 Å². The van der Waals surface area contributed by atoms with Crippen molar-refractivity contribution in [2.24, 2.45) is 0 Å². The second kappa shape index (κ2) is 16.6. The van der Waals surface area contributed by atoms with Crippen LogP contribution in [0.25, 0.3) is 0 Å². The molecule has 0 fully saturated rings. The van der Waals surface area contributed by atoms with Crippen LogP contribution in [0.5, 0.6) is 0 Å². The third-order valence-corrected chi connectivity index (χ3v) is 6.31. The van der Waals surface area contributed by atoms with Crippen molar-refractivity contribution in [3.8, 4) is 0 Å². The Bertz CT molecular complexity index is 1190. The molecule has 0 N–H and O–H groups in total. The van der Waals surface area contributed by atoms with Gasteiger partial charge < -0.3 is 14.4 Å². The highest BCUT2D eigenvalue weighted by atomic mass is 79.9. The Balaban J connectivity index is 0.000000642. The maximum atomic E-state index is 11.9. The lowest BCUT2D eigenvalue weighted by Crippen LogP contribution is -2.34. The largest absolute Gasteiger partial charge is 0.460 e. The SMILES string of the molecule is CC(=O)OC(C)(C)C.CN(Cc1c(Br)cccc1[N+](=O)[O-])C(=O)OC(C)(C)C.O=[N+]([O-])c1cccc(Br)c1CBr.